The summed E-state index contributed by atoms with van der Waals surface area (Å²) in [4.78, 5) is 28.7. The Morgan fingerprint density at radius 3 is 2.83 bits per heavy atom. The smallest absolute Gasteiger partial charge is 0.310 e. The van der Waals surface area contributed by atoms with Crippen molar-refractivity contribution in [3.05, 3.63) is 60.0 Å². The molecule has 2 aromatic heterocycles. The minimum atomic E-state index is -1.73. The van der Waals surface area contributed by atoms with E-state index in [9.17, 15) is 20.0 Å². The fourth-order valence-corrected chi connectivity index (χ4v) is 4.03. The van der Waals surface area contributed by atoms with Crippen molar-refractivity contribution in [3.63, 3.8) is 0 Å². The second kappa shape index (κ2) is 10.2. The number of amides is 1. The largest absolute Gasteiger partial charge is 0.463 e. The molecule has 0 aliphatic carbocycles. The number of nitriles is 1. The molecule has 0 spiro atoms. The van der Waals surface area contributed by atoms with Crippen LogP contribution in [0.25, 0.3) is 5.52 Å². The third-order valence-corrected chi connectivity index (χ3v) is 6.23. The number of benzene rings is 1. The Kier molecular flexibility index (Phi) is 7.10. The molecule has 0 saturated carbocycles. The predicted molar refractivity (Wildman–Crippen MR) is 125 cm³/mol. The Labute approximate surface area is 202 Å². The van der Waals surface area contributed by atoms with Gasteiger partial charge in [0.15, 0.2) is 5.82 Å². The van der Waals surface area contributed by atoms with Crippen molar-refractivity contribution in [2.45, 2.75) is 50.9 Å². The van der Waals surface area contributed by atoms with Gasteiger partial charge in [0.25, 0.3) is 0 Å². The lowest BCUT2D eigenvalue weighted by atomic mass is 9.94. The Morgan fingerprint density at radius 1 is 1.34 bits per heavy atom. The number of carbonyl (C=O) groups is 2. The molecular formula is C25H27N5O5. The van der Waals surface area contributed by atoms with Crippen molar-refractivity contribution < 1.29 is 24.2 Å². The van der Waals surface area contributed by atoms with Gasteiger partial charge in [0.05, 0.1) is 18.2 Å². The molecule has 1 aromatic carbocycles. The first kappa shape index (κ1) is 24.3. The van der Waals surface area contributed by atoms with Crippen molar-refractivity contribution in [1.82, 2.24) is 14.6 Å². The van der Waals surface area contributed by atoms with Crippen LogP contribution in [0, 0.1) is 17.2 Å². The lowest BCUT2D eigenvalue weighted by Crippen LogP contribution is -2.36. The van der Waals surface area contributed by atoms with Gasteiger partial charge in [0.2, 0.25) is 11.5 Å². The lowest BCUT2D eigenvalue weighted by molar-refractivity contribution is -0.148. The van der Waals surface area contributed by atoms with Crippen LogP contribution in [-0.4, -0.2) is 50.4 Å². The number of aliphatic hydroxyl groups is 1. The number of anilines is 1. The molecule has 3 aromatic rings. The summed E-state index contributed by atoms with van der Waals surface area (Å²) in [5.41, 5.74) is -0.147. The minimum absolute atomic E-state index is 0.0966. The van der Waals surface area contributed by atoms with E-state index in [1.165, 1.54) is 10.8 Å². The van der Waals surface area contributed by atoms with Crippen LogP contribution in [0.3, 0.4) is 0 Å². The van der Waals surface area contributed by atoms with Gasteiger partial charge < -0.3 is 19.9 Å². The monoisotopic (exact) mass is 477 g/mol. The molecule has 4 atom stereocenters. The van der Waals surface area contributed by atoms with E-state index in [-0.39, 0.29) is 31.3 Å². The molecule has 1 amide bonds. The van der Waals surface area contributed by atoms with Crippen LogP contribution in [0.2, 0.25) is 0 Å². The standard InChI is InChI=1S/C25H27N5O5/c1-3-16(2)24(33)29-23-19-9-10-20(30(19)28-15-27-23)25(14-26)21(31)12-18(35-25)13-34-22(32)11-17-7-5-4-6-8-17/h4-10,15-16,18,21,31H,3,11-13H2,1-2H3,(H,27,28,29,33)/t16-,18-,21-,25+/m1/s1. The fraction of sp³-hybridized carbons (Fsp3) is 0.400. The summed E-state index contributed by atoms with van der Waals surface area (Å²) in [6.45, 7) is 3.64. The van der Waals surface area contributed by atoms with Crippen LogP contribution in [0.5, 0.6) is 0 Å². The first-order valence-corrected chi connectivity index (χ1v) is 11.5. The molecule has 10 heteroatoms. The third-order valence-electron chi connectivity index (χ3n) is 6.23. The van der Waals surface area contributed by atoms with Crippen LogP contribution in [-0.2, 0) is 31.1 Å². The molecule has 4 rings (SSSR count). The summed E-state index contributed by atoms with van der Waals surface area (Å²) in [6.07, 6.45) is 0.289. The first-order chi connectivity index (χ1) is 16.9. The van der Waals surface area contributed by atoms with E-state index in [1.807, 2.05) is 44.2 Å². The van der Waals surface area contributed by atoms with Gasteiger partial charge in [-0.15, -0.1) is 0 Å². The Hall–Kier alpha value is -3.81. The summed E-state index contributed by atoms with van der Waals surface area (Å²) in [5, 5.41) is 27.9. The number of aromatic nitrogens is 3. The predicted octanol–water partition coefficient (Wildman–Crippen LogP) is 2.37. The molecule has 1 aliphatic rings. The summed E-state index contributed by atoms with van der Waals surface area (Å²) in [6, 6.07) is 14.6. The zero-order valence-electron chi connectivity index (χ0n) is 19.5. The zero-order chi connectivity index (χ0) is 25.0. The van der Waals surface area contributed by atoms with Gasteiger partial charge in [-0.1, -0.05) is 44.2 Å². The van der Waals surface area contributed by atoms with Crippen LogP contribution in [0.1, 0.15) is 37.9 Å². The van der Waals surface area contributed by atoms with Crippen LogP contribution >= 0.6 is 0 Å². The van der Waals surface area contributed by atoms with E-state index in [1.54, 1.807) is 12.1 Å². The normalized spacial score (nSPS) is 22.5. The maximum absolute atomic E-state index is 12.4. The third kappa shape index (κ3) is 4.87. The molecule has 1 aliphatic heterocycles. The van der Waals surface area contributed by atoms with Crippen molar-refractivity contribution >= 4 is 23.2 Å². The summed E-state index contributed by atoms with van der Waals surface area (Å²) in [7, 11) is 0. The van der Waals surface area contributed by atoms with E-state index >= 15 is 0 Å². The van der Waals surface area contributed by atoms with E-state index < -0.39 is 23.8 Å². The molecule has 182 valence electrons. The van der Waals surface area contributed by atoms with E-state index in [0.717, 1.165) is 5.56 Å². The molecule has 3 heterocycles. The zero-order valence-corrected chi connectivity index (χ0v) is 19.5. The number of aliphatic hydroxyl groups excluding tert-OH is 1. The number of hydrogen-bond donors (Lipinski definition) is 2. The molecule has 1 fully saturated rings. The van der Waals surface area contributed by atoms with Crippen LogP contribution < -0.4 is 5.32 Å². The number of esters is 1. The number of ether oxygens (including phenoxy) is 2. The van der Waals surface area contributed by atoms with Gasteiger partial charge >= 0.3 is 5.97 Å². The van der Waals surface area contributed by atoms with Crippen molar-refractivity contribution in [2.75, 3.05) is 11.9 Å². The van der Waals surface area contributed by atoms with Gasteiger partial charge in [-0.25, -0.2) is 9.50 Å². The van der Waals surface area contributed by atoms with Crippen molar-refractivity contribution in [2.24, 2.45) is 5.92 Å². The average Bonchev–Trinajstić information content (AvgIpc) is 3.44. The number of nitrogens with one attached hydrogen (secondary N) is 1. The molecule has 2 N–H and O–H groups in total. The van der Waals surface area contributed by atoms with Gasteiger partial charge in [0, 0.05) is 12.3 Å². The molecule has 0 unspecified atom stereocenters. The second-order valence-electron chi connectivity index (χ2n) is 8.61. The van der Waals surface area contributed by atoms with Gasteiger partial charge in [-0.2, -0.15) is 10.4 Å². The number of rotatable bonds is 8. The van der Waals surface area contributed by atoms with E-state index in [2.05, 4.69) is 21.5 Å². The summed E-state index contributed by atoms with van der Waals surface area (Å²) >= 11 is 0. The molecule has 0 bridgehead atoms. The molecular weight excluding hydrogens is 450 g/mol. The maximum Gasteiger partial charge on any atom is 0.310 e. The van der Waals surface area contributed by atoms with Crippen LogP contribution in [0.4, 0.5) is 5.82 Å². The molecule has 10 nitrogen and oxygen atoms in total. The van der Waals surface area contributed by atoms with Crippen molar-refractivity contribution in [3.8, 4) is 6.07 Å². The fourth-order valence-electron chi connectivity index (χ4n) is 4.03. The number of fused-ring (bicyclic) bond motifs is 1. The molecule has 0 radical (unpaired) electrons. The highest BCUT2D eigenvalue weighted by molar-refractivity contribution is 5.94. The summed E-state index contributed by atoms with van der Waals surface area (Å²) in [5.74, 6) is -0.509. The quantitative estimate of drug-likeness (QED) is 0.472. The van der Waals surface area contributed by atoms with E-state index in [0.29, 0.717) is 23.4 Å². The summed E-state index contributed by atoms with van der Waals surface area (Å²) < 4.78 is 12.8. The Bertz CT molecular complexity index is 1250. The first-order valence-electron chi connectivity index (χ1n) is 11.5. The van der Waals surface area contributed by atoms with E-state index in [4.69, 9.17) is 9.47 Å². The second-order valence-corrected chi connectivity index (χ2v) is 8.61. The van der Waals surface area contributed by atoms with Gasteiger partial charge in [-0.3, -0.25) is 9.59 Å². The van der Waals surface area contributed by atoms with Gasteiger partial charge in [-0.05, 0) is 24.1 Å². The molecule has 1 saturated heterocycles. The number of carbonyl (C=O) groups excluding carboxylic acids is 2. The van der Waals surface area contributed by atoms with Gasteiger partial charge in [0.1, 0.15) is 30.6 Å². The topological polar surface area (TPSA) is 139 Å². The number of hydrogen-bond acceptors (Lipinski definition) is 8. The minimum Gasteiger partial charge on any atom is -0.463 e. The Balaban J connectivity index is 1.51. The van der Waals surface area contributed by atoms with Crippen molar-refractivity contribution in [1.29, 1.82) is 5.26 Å². The SMILES string of the molecule is CC[C@@H](C)C(=O)Nc1ncnn2c([C@]3(C#N)O[C@@H](COC(=O)Cc4ccccc4)C[C@H]3O)ccc12. The highest BCUT2D eigenvalue weighted by Crippen LogP contribution is 2.40. The maximum atomic E-state index is 12.4. The van der Waals surface area contributed by atoms with Crippen LogP contribution in [0.15, 0.2) is 48.8 Å². The average molecular weight is 478 g/mol. The highest BCUT2D eigenvalue weighted by Gasteiger charge is 2.52. The Morgan fingerprint density at radius 2 is 2.11 bits per heavy atom. The molecule has 35 heavy (non-hydrogen) atoms. The number of nitrogens with zero attached hydrogens (tertiary/aromatic N) is 4. The lowest BCUT2D eigenvalue weighted by Gasteiger charge is -2.24. The highest BCUT2D eigenvalue weighted by atomic mass is 16.6.